The summed E-state index contributed by atoms with van der Waals surface area (Å²) in [6.45, 7) is 5.81. The molecule has 0 bridgehead atoms. The van der Waals surface area contributed by atoms with Crippen LogP contribution in [0.4, 0.5) is 0 Å². The number of benzene rings is 2. The van der Waals surface area contributed by atoms with Crippen molar-refractivity contribution in [1.29, 1.82) is 0 Å². The van der Waals surface area contributed by atoms with E-state index in [0.29, 0.717) is 0 Å². The Balaban J connectivity index is 2.13. The summed E-state index contributed by atoms with van der Waals surface area (Å²) in [6.07, 6.45) is 5.22. The van der Waals surface area contributed by atoms with Gasteiger partial charge in [0, 0.05) is 11.4 Å². The molecule has 0 atom stereocenters. The first-order valence-corrected chi connectivity index (χ1v) is 9.20. The Bertz CT molecular complexity index is 610. The van der Waals surface area contributed by atoms with E-state index in [1.54, 1.807) is 0 Å². The SMILES string of the molecule is CCCOc1ccc2c(CC)c(OCCCCCCl)ccc2c1. The van der Waals surface area contributed by atoms with Crippen LogP contribution in [0.3, 0.4) is 0 Å². The highest BCUT2D eigenvalue weighted by Gasteiger charge is 2.08. The second-order valence-electron chi connectivity index (χ2n) is 5.73. The molecule has 3 heteroatoms. The lowest BCUT2D eigenvalue weighted by Gasteiger charge is -2.14. The number of rotatable bonds is 10. The first-order valence-electron chi connectivity index (χ1n) is 8.67. The number of aryl methyl sites for hydroxylation is 1. The molecule has 0 unspecified atom stereocenters. The summed E-state index contributed by atoms with van der Waals surface area (Å²) in [4.78, 5) is 0. The van der Waals surface area contributed by atoms with E-state index in [9.17, 15) is 0 Å². The van der Waals surface area contributed by atoms with Gasteiger partial charge in [-0.05, 0) is 61.1 Å². The molecule has 0 radical (unpaired) electrons. The Morgan fingerprint density at radius 2 is 1.78 bits per heavy atom. The number of alkyl halides is 1. The van der Waals surface area contributed by atoms with Gasteiger partial charge in [0.15, 0.2) is 0 Å². The van der Waals surface area contributed by atoms with Gasteiger partial charge in [-0.2, -0.15) is 0 Å². The molecule has 23 heavy (non-hydrogen) atoms. The van der Waals surface area contributed by atoms with Gasteiger partial charge in [0.25, 0.3) is 0 Å². The van der Waals surface area contributed by atoms with Crippen molar-refractivity contribution in [2.45, 2.75) is 46.0 Å². The Morgan fingerprint density at radius 1 is 0.913 bits per heavy atom. The molecule has 2 nitrogen and oxygen atoms in total. The fourth-order valence-corrected chi connectivity index (χ4v) is 2.91. The van der Waals surface area contributed by atoms with Crippen LogP contribution in [-0.4, -0.2) is 19.1 Å². The smallest absolute Gasteiger partial charge is 0.123 e. The number of unbranched alkanes of at least 4 members (excludes halogenated alkanes) is 2. The topological polar surface area (TPSA) is 18.5 Å². The minimum Gasteiger partial charge on any atom is -0.494 e. The summed E-state index contributed by atoms with van der Waals surface area (Å²) < 4.78 is 11.7. The van der Waals surface area contributed by atoms with Crippen molar-refractivity contribution in [3.8, 4) is 11.5 Å². The number of hydrogen-bond donors (Lipinski definition) is 0. The monoisotopic (exact) mass is 334 g/mol. The van der Waals surface area contributed by atoms with E-state index in [1.807, 2.05) is 0 Å². The molecule has 2 rings (SSSR count). The van der Waals surface area contributed by atoms with Crippen molar-refractivity contribution in [3.05, 3.63) is 35.9 Å². The van der Waals surface area contributed by atoms with E-state index in [-0.39, 0.29) is 0 Å². The molecule has 0 fully saturated rings. The highest BCUT2D eigenvalue weighted by molar-refractivity contribution is 6.17. The zero-order valence-electron chi connectivity index (χ0n) is 14.2. The first-order chi connectivity index (χ1) is 11.3. The predicted octanol–water partition coefficient (Wildman–Crippen LogP) is 5.98. The number of fused-ring (bicyclic) bond motifs is 1. The predicted molar refractivity (Wildman–Crippen MR) is 99.2 cm³/mol. The van der Waals surface area contributed by atoms with E-state index >= 15 is 0 Å². The Morgan fingerprint density at radius 3 is 2.52 bits per heavy atom. The van der Waals surface area contributed by atoms with Crippen molar-refractivity contribution >= 4 is 22.4 Å². The van der Waals surface area contributed by atoms with Gasteiger partial charge in [0.2, 0.25) is 0 Å². The molecular formula is C20H27ClO2. The summed E-state index contributed by atoms with van der Waals surface area (Å²) in [7, 11) is 0. The third-order valence-corrected chi connectivity index (χ3v) is 4.19. The molecule has 0 aliphatic heterocycles. The molecule has 126 valence electrons. The molecule has 2 aromatic rings. The average molecular weight is 335 g/mol. The van der Waals surface area contributed by atoms with Gasteiger partial charge < -0.3 is 9.47 Å². The fourth-order valence-electron chi connectivity index (χ4n) is 2.72. The van der Waals surface area contributed by atoms with Crippen LogP contribution in [-0.2, 0) is 6.42 Å². The Labute approximate surface area is 144 Å². The molecule has 0 aromatic heterocycles. The summed E-state index contributed by atoms with van der Waals surface area (Å²) >= 11 is 5.70. The quantitative estimate of drug-likeness (QED) is 0.393. The number of hydrogen-bond acceptors (Lipinski definition) is 2. The molecule has 0 aliphatic carbocycles. The average Bonchev–Trinajstić information content (AvgIpc) is 2.59. The van der Waals surface area contributed by atoms with Gasteiger partial charge in [-0.15, -0.1) is 11.6 Å². The maximum absolute atomic E-state index is 6.00. The van der Waals surface area contributed by atoms with Crippen molar-refractivity contribution < 1.29 is 9.47 Å². The summed E-state index contributed by atoms with van der Waals surface area (Å²) in [6, 6.07) is 10.5. The molecule has 2 aromatic carbocycles. The van der Waals surface area contributed by atoms with Crippen LogP contribution in [0.25, 0.3) is 10.8 Å². The van der Waals surface area contributed by atoms with E-state index < -0.39 is 0 Å². The molecule has 0 amide bonds. The van der Waals surface area contributed by atoms with Crippen molar-refractivity contribution in [2.24, 2.45) is 0 Å². The summed E-state index contributed by atoms with van der Waals surface area (Å²) in [5.41, 5.74) is 1.28. The number of halogens is 1. The molecule has 0 spiro atoms. The van der Waals surface area contributed by atoms with E-state index in [1.165, 1.54) is 16.3 Å². The summed E-state index contributed by atoms with van der Waals surface area (Å²) in [5, 5.41) is 2.47. The van der Waals surface area contributed by atoms with Crippen LogP contribution in [0.15, 0.2) is 30.3 Å². The van der Waals surface area contributed by atoms with Crippen LogP contribution in [0, 0.1) is 0 Å². The van der Waals surface area contributed by atoms with E-state index in [2.05, 4.69) is 44.2 Å². The zero-order chi connectivity index (χ0) is 16.5. The van der Waals surface area contributed by atoms with Gasteiger partial charge in [0.05, 0.1) is 13.2 Å². The summed E-state index contributed by atoms with van der Waals surface area (Å²) in [5.74, 6) is 2.68. The third kappa shape index (κ3) is 5.04. The minimum atomic E-state index is 0.735. The van der Waals surface area contributed by atoms with Gasteiger partial charge in [-0.25, -0.2) is 0 Å². The van der Waals surface area contributed by atoms with E-state index in [0.717, 1.165) is 62.7 Å². The lowest BCUT2D eigenvalue weighted by atomic mass is 10.0. The van der Waals surface area contributed by atoms with Crippen molar-refractivity contribution in [3.63, 3.8) is 0 Å². The third-order valence-electron chi connectivity index (χ3n) is 3.92. The van der Waals surface area contributed by atoms with Crippen LogP contribution in [0.5, 0.6) is 11.5 Å². The van der Waals surface area contributed by atoms with Gasteiger partial charge in [-0.1, -0.05) is 26.0 Å². The largest absolute Gasteiger partial charge is 0.494 e. The molecule has 0 N–H and O–H groups in total. The van der Waals surface area contributed by atoms with Crippen molar-refractivity contribution in [2.75, 3.05) is 19.1 Å². The fraction of sp³-hybridized carbons (Fsp3) is 0.500. The highest BCUT2D eigenvalue weighted by atomic mass is 35.5. The lowest BCUT2D eigenvalue weighted by molar-refractivity contribution is 0.304. The lowest BCUT2D eigenvalue weighted by Crippen LogP contribution is -2.01. The van der Waals surface area contributed by atoms with Crippen LogP contribution in [0.2, 0.25) is 0 Å². The van der Waals surface area contributed by atoms with Gasteiger partial charge in [-0.3, -0.25) is 0 Å². The van der Waals surface area contributed by atoms with Crippen molar-refractivity contribution in [1.82, 2.24) is 0 Å². The molecule has 0 aliphatic rings. The molecule has 0 saturated heterocycles. The first kappa shape index (κ1) is 17.9. The maximum Gasteiger partial charge on any atom is 0.123 e. The zero-order valence-corrected chi connectivity index (χ0v) is 15.0. The van der Waals surface area contributed by atoms with Crippen LogP contribution in [0.1, 0.15) is 45.1 Å². The highest BCUT2D eigenvalue weighted by Crippen LogP contribution is 2.31. The molecular weight excluding hydrogens is 308 g/mol. The number of ether oxygens (including phenoxy) is 2. The Kier molecular flexibility index (Phi) is 7.54. The van der Waals surface area contributed by atoms with Gasteiger partial charge >= 0.3 is 0 Å². The van der Waals surface area contributed by atoms with Crippen LogP contribution < -0.4 is 9.47 Å². The van der Waals surface area contributed by atoms with Crippen LogP contribution >= 0.6 is 11.6 Å². The standard InChI is InChI=1S/C20H27ClO2/c1-3-13-22-17-9-10-19-16(15-17)8-11-20(18(19)4-2)23-14-7-5-6-12-21/h8-11,15H,3-7,12-14H2,1-2H3. The maximum atomic E-state index is 6.00. The molecule has 0 saturated carbocycles. The second kappa shape index (κ2) is 9.67. The Hall–Kier alpha value is -1.41. The van der Waals surface area contributed by atoms with Gasteiger partial charge in [0.1, 0.15) is 11.5 Å². The normalized spacial score (nSPS) is 10.9. The minimum absolute atomic E-state index is 0.735. The van der Waals surface area contributed by atoms with E-state index in [4.69, 9.17) is 21.1 Å². The molecule has 0 heterocycles. The second-order valence-corrected chi connectivity index (χ2v) is 6.10.